The number of aromatic nitrogens is 4. The molecule has 0 fully saturated rings. The second kappa shape index (κ2) is 7.75. The molecule has 0 atom stereocenters. The quantitative estimate of drug-likeness (QED) is 0.452. The number of rotatable bonds is 3. The fraction of sp³-hybridized carbons (Fsp3) is 0. The van der Waals surface area contributed by atoms with Gasteiger partial charge in [-0.05, 0) is 34.2 Å². The summed E-state index contributed by atoms with van der Waals surface area (Å²) in [5, 5.41) is 10.4. The number of anilines is 1. The zero-order valence-electron chi connectivity index (χ0n) is 13.7. The Kier molecular flexibility index (Phi) is 5.04. The topological polar surface area (TPSA) is 105 Å². The molecule has 0 saturated carbocycles. The molecule has 0 radical (unpaired) electrons. The van der Waals surface area contributed by atoms with Gasteiger partial charge in [0.05, 0.1) is 6.20 Å². The first kappa shape index (κ1) is 16.9. The number of imidazole rings is 2. The molecule has 2 aromatic carbocycles. The van der Waals surface area contributed by atoms with Crippen LogP contribution in [0.3, 0.4) is 0 Å². The molecule has 2 N–H and O–H groups in total. The molecule has 4 rings (SSSR count). The standard InChI is InChI=1S/C9H7N3O2.C9H9N3/c13-12(14)9-6-11(7-10-9)8-4-2-1-3-5-8;10-9-6-12(7-11-9)8-4-2-1-3-5-8/h1-7H;1-7H,10H2. The Bertz CT molecular complexity index is 979. The molecule has 130 valence electrons. The van der Waals surface area contributed by atoms with Gasteiger partial charge in [-0.25, -0.2) is 4.98 Å². The van der Waals surface area contributed by atoms with Crippen molar-refractivity contribution in [3.63, 3.8) is 0 Å². The lowest BCUT2D eigenvalue weighted by atomic mass is 10.3. The summed E-state index contributed by atoms with van der Waals surface area (Å²) in [6, 6.07) is 19.2. The minimum atomic E-state index is -0.514. The summed E-state index contributed by atoms with van der Waals surface area (Å²) in [7, 11) is 0. The summed E-state index contributed by atoms with van der Waals surface area (Å²) in [6.07, 6.45) is 6.29. The van der Waals surface area contributed by atoms with Gasteiger partial charge >= 0.3 is 5.82 Å². The first-order valence-electron chi connectivity index (χ1n) is 7.72. The van der Waals surface area contributed by atoms with Gasteiger partial charge in [-0.3, -0.25) is 4.57 Å². The highest BCUT2D eigenvalue weighted by atomic mass is 16.6. The Morgan fingerprint density at radius 1 is 0.808 bits per heavy atom. The van der Waals surface area contributed by atoms with E-state index in [2.05, 4.69) is 9.97 Å². The van der Waals surface area contributed by atoms with E-state index < -0.39 is 4.92 Å². The zero-order valence-corrected chi connectivity index (χ0v) is 13.7. The van der Waals surface area contributed by atoms with Crippen molar-refractivity contribution in [3.05, 3.63) is 95.8 Å². The molecule has 0 aliphatic carbocycles. The lowest BCUT2D eigenvalue weighted by molar-refractivity contribution is -0.389. The van der Waals surface area contributed by atoms with E-state index in [1.165, 1.54) is 12.5 Å². The molecular formula is C18H16N6O2. The summed E-state index contributed by atoms with van der Waals surface area (Å²) < 4.78 is 3.49. The van der Waals surface area contributed by atoms with E-state index in [1.54, 1.807) is 17.1 Å². The fourth-order valence-corrected chi connectivity index (χ4v) is 2.23. The number of nitro groups is 1. The molecule has 0 unspecified atom stereocenters. The van der Waals surface area contributed by atoms with Crippen LogP contribution in [0.1, 0.15) is 0 Å². The van der Waals surface area contributed by atoms with Gasteiger partial charge in [0, 0.05) is 11.4 Å². The third kappa shape index (κ3) is 4.12. The van der Waals surface area contributed by atoms with Gasteiger partial charge in [-0.1, -0.05) is 36.4 Å². The maximum Gasteiger partial charge on any atom is 0.381 e. The van der Waals surface area contributed by atoms with Crippen LogP contribution in [-0.2, 0) is 0 Å². The second-order valence-corrected chi connectivity index (χ2v) is 5.27. The third-order valence-electron chi connectivity index (χ3n) is 3.47. The lowest BCUT2D eigenvalue weighted by Gasteiger charge is -1.98. The van der Waals surface area contributed by atoms with E-state index in [0.29, 0.717) is 5.82 Å². The van der Waals surface area contributed by atoms with Crippen LogP contribution in [-0.4, -0.2) is 24.0 Å². The monoisotopic (exact) mass is 348 g/mol. The second-order valence-electron chi connectivity index (χ2n) is 5.27. The van der Waals surface area contributed by atoms with E-state index in [4.69, 9.17) is 5.73 Å². The van der Waals surface area contributed by atoms with Crippen molar-refractivity contribution >= 4 is 11.6 Å². The Morgan fingerprint density at radius 3 is 1.73 bits per heavy atom. The van der Waals surface area contributed by atoms with Crippen LogP contribution in [0.4, 0.5) is 11.6 Å². The van der Waals surface area contributed by atoms with Crippen LogP contribution >= 0.6 is 0 Å². The molecule has 2 heterocycles. The van der Waals surface area contributed by atoms with Gasteiger partial charge in [0.25, 0.3) is 0 Å². The van der Waals surface area contributed by atoms with E-state index in [9.17, 15) is 10.1 Å². The van der Waals surface area contributed by atoms with E-state index in [0.717, 1.165) is 11.4 Å². The van der Waals surface area contributed by atoms with Gasteiger partial charge in [0.2, 0.25) is 6.33 Å². The van der Waals surface area contributed by atoms with Crippen molar-refractivity contribution in [2.75, 3.05) is 5.73 Å². The number of para-hydroxylation sites is 2. The molecule has 0 amide bonds. The van der Waals surface area contributed by atoms with Crippen LogP contribution in [0.25, 0.3) is 11.4 Å². The van der Waals surface area contributed by atoms with Crippen LogP contribution in [0.15, 0.2) is 85.7 Å². The van der Waals surface area contributed by atoms with Crippen LogP contribution in [0, 0.1) is 10.1 Å². The van der Waals surface area contributed by atoms with Crippen molar-refractivity contribution in [1.29, 1.82) is 0 Å². The molecule has 0 aliphatic heterocycles. The molecule has 8 nitrogen and oxygen atoms in total. The molecule has 8 heteroatoms. The van der Waals surface area contributed by atoms with Gasteiger partial charge in [-0.15, -0.1) is 0 Å². The summed E-state index contributed by atoms with van der Waals surface area (Å²) >= 11 is 0. The van der Waals surface area contributed by atoms with Crippen molar-refractivity contribution < 1.29 is 4.92 Å². The van der Waals surface area contributed by atoms with Crippen LogP contribution < -0.4 is 5.73 Å². The van der Waals surface area contributed by atoms with Crippen molar-refractivity contribution in [2.45, 2.75) is 0 Å². The first-order chi connectivity index (χ1) is 12.6. The average molecular weight is 348 g/mol. The highest BCUT2D eigenvalue weighted by Gasteiger charge is 2.09. The fourth-order valence-electron chi connectivity index (χ4n) is 2.23. The molecule has 4 aromatic rings. The van der Waals surface area contributed by atoms with Crippen molar-refractivity contribution in [2.24, 2.45) is 0 Å². The summed E-state index contributed by atoms with van der Waals surface area (Å²) in [5.74, 6) is 0.396. The normalized spacial score (nSPS) is 10.0. The van der Waals surface area contributed by atoms with Gasteiger partial charge < -0.3 is 20.4 Å². The van der Waals surface area contributed by atoms with E-state index in [-0.39, 0.29) is 5.82 Å². The van der Waals surface area contributed by atoms with Gasteiger partial charge in [0.1, 0.15) is 18.3 Å². The Hall–Kier alpha value is -3.94. The van der Waals surface area contributed by atoms with Crippen molar-refractivity contribution in [3.8, 4) is 11.4 Å². The first-order valence-corrected chi connectivity index (χ1v) is 7.72. The summed E-state index contributed by atoms with van der Waals surface area (Å²) in [4.78, 5) is 17.5. The largest absolute Gasteiger partial charge is 0.382 e. The maximum absolute atomic E-state index is 10.4. The van der Waals surface area contributed by atoms with Crippen LogP contribution in [0.5, 0.6) is 0 Å². The highest BCUT2D eigenvalue weighted by Crippen LogP contribution is 2.12. The molecular weight excluding hydrogens is 332 g/mol. The number of hydrogen-bond acceptors (Lipinski definition) is 5. The molecule has 2 aromatic heterocycles. The highest BCUT2D eigenvalue weighted by molar-refractivity contribution is 5.36. The summed E-state index contributed by atoms with van der Waals surface area (Å²) in [6.45, 7) is 0. The molecule has 0 saturated heterocycles. The lowest BCUT2D eigenvalue weighted by Crippen LogP contribution is -1.89. The van der Waals surface area contributed by atoms with Crippen LogP contribution in [0.2, 0.25) is 0 Å². The number of hydrogen-bond donors (Lipinski definition) is 1. The van der Waals surface area contributed by atoms with Gasteiger partial charge in [-0.2, -0.15) is 0 Å². The number of benzene rings is 2. The SMILES string of the molecule is Nc1cn(-c2ccccc2)cn1.O=[N+]([O-])c1cn(-c2ccccc2)cn1. The Labute approximate surface area is 149 Å². The zero-order chi connectivity index (χ0) is 18.4. The number of nitrogens with zero attached hydrogens (tertiary/aromatic N) is 5. The maximum atomic E-state index is 10.4. The minimum Gasteiger partial charge on any atom is -0.382 e. The smallest absolute Gasteiger partial charge is 0.381 e. The molecule has 0 spiro atoms. The molecule has 0 aliphatic rings. The molecule has 0 bridgehead atoms. The van der Waals surface area contributed by atoms with E-state index >= 15 is 0 Å². The Morgan fingerprint density at radius 2 is 1.31 bits per heavy atom. The third-order valence-corrected chi connectivity index (χ3v) is 3.47. The minimum absolute atomic E-state index is 0.145. The van der Waals surface area contributed by atoms with Crippen molar-refractivity contribution in [1.82, 2.24) is 19.1 Å². The summed E-state index contributed by atoms with van der Waals surface area (Å²) in [5.41, 5.74) is 7.41. The average Bonchev–Trinajstić information content (AvgIpc) is 3.33. The number of nitrogen functional groups attached to an aromatic ring is 1. The van der Waals surface area contributed by atoms with E-state index in [1.807, 2.05) is 65.2 Å². The Balaban J connectivity index is 0.000000152. The van der Waals surface area contributed by atoms with Gasteiger partial charge in [0.15, 0.2) is 0 Å². The predicted octanol–water partition coefficient (Wildman–Crippen LogP) is 3.24. The molecule has 26 heavy (non-hydrogen) atoms. The number of nitrogens with two attached hydrogens (primary N) is 1. The predicted molar refractivity (Wildman–Crippen MR) is 98.2 cm³/mol.